The third-order valence-corrected chi connectivity index (χ3v) is 4.58. The predicted octanol–water partition coefficient (Wildman–Crippen LogP) is 2.96. The molecule has 4 heteroatoms. The number of hydrogen-bond donors (Lipinski definition) is 2. The number of amides is 1. The van der Waals surface area contributed by atoms with E-state index in [1.807, 2.05) is 11.4 Å². The Labute approximate surface area is 123 Å². The molecule has 1 aromatic heterocycles. The van der Waals surface area contributed by atoms with E-state index in [4.69, 9.17) is 0 Å². The lowest BCUT2D eigenvalue weighted by Crippen LogP contribution is -2.29. The van der Waals surface area contributed by atoms with Crippen molar-refractivity contribution in [3.05, 3.63) is 51.7 Å². The third kappa shape index (κ3) is 2.92. The zero-order valence-corrected chi connectivity index (χ0v) is 12.3. The van der Waals surface area contributed by atoms with Gasteiger partial charge < -0.3 is 10.6 Å². The Morgan fingerprint density at radius 3 is 2.60 bits per heavy atom. The molecule has 1 heterocycles. The van der Waals surface area contributed by atoms with Crippen LogP contribution in [0.4, 0.5) is 5.69 Å². The van der Waals surface area contributed by atoms with Crippen molar-refractivity contribution in [3.63, 3.8) is 0 Å². The van der Waals surface area contributed by atoms with E-state index in [2.05, 4.69) is 34.9 Å². The molecule has 20 heavy (non-hydrogen) atoms. The second-order valence-electron chi connectivity index (χ2n) is 5.19. The van der Waals surface area contributed by atoms with Gasteiger partial charge in [0.25, 0.3) is 0 Å². The minimum absolute atomic E-state index is 0.0158. The van der Waals surface area contributed by atoms with Gasteiger partial charge in [-0.25, -0.2) is 0 Å². The summed E-state index contributed by atoms with van der Waals surface area (Å²) in [5.41, 5.74) is 3.85. The van der Waals surface area contributed by atoms with Gasteiger partial charge in [0, 0.05) is 24.4 Å². The largest absolute Gasteiger partial charge is 0.325 e. The summed E-state index contributed by atoms with van der Waals surface area (Å²) in [5, 5.41) is 8.50. The maximum absolute atomic E-state index is 11.1. The fourth-order valence-electron chi connectivity index (χ4n) is 2.72. The van der Waals surface area contributed by atoms with Gasteiger partial charge in [-0.1, -0.05) is 24.3 Å². The topological polar surface area (TPSA) is 41.1 Å². The number of rotatable bonds is 4. The van der Waals surface area contributed by atoms with E-state index in [0.29, 0.717) is 6.04 Å². The van der Waals surface area contributed by atoms with Crippen LogP contribution in [-0.4, -0.2) is 11.9 Å². The van der Waals surface area contributed by atoms with Crippen molar-refractivity contribution in [1.29, 1.82) is 0 Å². The Morgan fingerprint density at radius 2 is 1.95 bits per heavy atom. The average Bonchev–Trinajstić information content (AvgIpc) is 3.01. The van der Waals surface area contributed by atoms with E-state index < -0.39 is 0 Å². The summed E-state index contributed by atoms with van der Waals surface area (Å²) in [7, 11) is 0. The monoisotopic (exact) mass is 286 g/mol. The first-order valence-corrected chi connectivity index (χ1v) is 7.74. The Hall–Kier alpha value is -1.65. The molecule has 0 saturated carbocycles. The zero-order valence-electron chi connectivity index (χ0n) is 11.5. The van der Waals surface area contributed by atoms with E-state index in [0.717, 1.165) is 25.1 Å². The number of fused-ring (bicyclic) bond motifs is 1. The van der Waals surface area contributed by atoms with E-state index in [1.165, 1.54) is 16.0 Å². The lowest BCUT2D eigenvalue weighted by Gasteiger charge is -2.12. The molecule has 0 aliphatic heterocycles. The van der Waals surface area contributed by atoms with Gasteiger partial charge in [0.2, 0.25) is 5.91 Å². The fourth-order valence-corrected chi connectivity index (χ4v) is 3.50. The van der Waals surface area contributed by atoms with Crippen molar-refractivity contribution in [3.8, 4) is 0 Å². The van der Waals surface area contributed by atoms with Gasteiger partial charge in [-0.2, -0.15) is 0 Å². The molecule has 0 unspecified atom stereocenters. The number of anilines is 1. The summed E-state index contributed by atoms with van der Waals surface area (Å²) >= 11 is 1.68. The maximum Gasteiger partial charge on any atom is 0.221 e. The molecule has 104 valence electrons. The number of thiophene rings is 1. The quantitative estimate of drug-likeness (QED) is 0.907. The van der Waals surface area contributed by atoms with E-state index in [1.54, 1.807) is 18.3 Å². The van der Waals surface area contributed by atoms with Crippen molar-refractivity contribution < 1.29 is 4.79 Å². The Morgan fingerprint density at radius 1 is 1.25 bits per heavy atom. The molecule has 3 nitrogen and oxygen atoms in total. The minimum Gasteiger partial charge on any atom is -0.325 e. The number of carbonyl (C=O) groups is 1. The highest BCUT2D eigenvalue weighted by Crippen LogP contribution is 2.25. The molecule has 0 saturated heterocycles. The molecule has 2 N–H and O–H groups in total. The first-order chi connectivity index (χ1) is 9.72. The summed E-state index contributed by atoms with van der Waals surface area (Å²) in [6.45, 7) is 2.36. The molecule has 0 bridgehead atoms. The van der Waals surface area contributed by atoms with Gasteiger partial charge in [-0.15, -0.1) is 11.3 Å². The van der Waals surface area contributed by atoms with E-state index >= 15 is 0 Å². The lowest BCUT2D eigenvalue weighted by atomic mass is 10.1. The van der Waals surface area contributed by atoms with Crippen LogP contribution in [0, 0.1) is 0 Å². The zero-order chi connectivity index (χ0) is 13.9. The smallest absolute Gasteiger partial charge is 0.221 e. The van der Waals surface area contributed by atoms with Crippen LogP contribution in [0.5, 0.6) is 0 Å². The Kier molecular flexibility index (Phi) is 3.85. The van der Waals surface area contributed by atoms with Crippen molar-refractivity contribution in [2.24, 2.45) is 0 Å². The van der Waals surface area contributed by atoms with Crippen LogP contribution < -0.4 is 10.6 Å². The van der Waals surface area contributed by atoms with Gasteiger partial charge in [0.15, 0.2) is 0 Å². The molecule has 3 rings (SSSR count). The predicted molar refractivity (Wildman–Crippen MR) is 83.1 cm³/mol. The number of benzene rings is 1. The van der Waals surface area contributed by atoms with Crippen LogP contribution in [0.1, 0.15) is 22.9 Å². The number of nitrogens with one attached hydrogen (secondary N) is 2. The summed E-state index contributed by atoms with van der Waals surface area (Å²) < 4.78 is 0. The van der Waals surface area contributed by atoms with Crippen molar-refractivity contribution in [2.45, 2.75) is 32.4 Å². The first kappa shape index (κ1) is 13.3. The highest BCUT2D eigenvalue weighted by Gasteiger charge is 2.20. The van der Waals surface area contributed by atoms with Gasteiger partial charge in [-0.3, -0.25) is 4.79 Å². The highest BCUT2D eigenvalue weighted by molar-refractivity contribution is 7.10. The molecular weight excluding hydrogens is 268 g/mol. The van der Waals surface area contributed by atoms with Crippen LogP contribution in [0.3, 0.4) is 0 Å². The van der Waals surface area contributed by atoms with Crippen LogP contribution in [0.25, 0.3) is 0 Å². The van der Waals surface area contributed by atoms with Crippen LogP contribution in [0.2, 0.25) is 0 Å². The summed E-state index contributed by atoms with van der Waals surface area (Å²) in [4.78, 5) is 12.3. The molecule has 2 aromatic rings. The molecular formula is C16H18N2OS. The van der Waals surface area contributed by atoms with Crippen LogP contribution >= 0.6 is 11.3 Å². The van der Waals surface area contributed by atoms with Gasteiger partial charge in [-0.05, 0) is 35.4 Å². The van der Waals surface area contributed by atoms with Crippen molar-refractivity contribution in [2.75, 3.05) is 5.32 Å². The summed E-state index contributed by atoms with van der Waals surface area (Å²) in [6.07, 6.45) is 2.19. The Bertz CT molecular complexity index is 595. The fraction of sp³-hybridized carbons (Fsp3) is 0.312. The Balaban J connectivity index is 1.59. The molecule has 0 fully saturated rings. The molecule has 0 radical (unpaired) electrons. The minimum atomic E-state index is -0.0158. The van der Waals surface area contributed by atoms with Crippen LogP contribution in [-0.2, 0) is 24.2 Å². The average molecular weight is 286 g/mol. The summed E-state index contributed by atoms with van der Waals surface area (Å²) in [5.74, 6) is -0.0158. The first-order valence-electron chi connectivity index (χ1n) is 6.86. The SMILES string of the molecule is CC(=O)Nc1ccsc1CNC1Cc2ccccc2C1. The van der Waals surface area contributed by atoms with E-state index in [9.17, 15) is 4.79 Å². The second kappa shape index (κ2) is 5.77. The van der Waals surface area contributed by atoms with Gasteiger partial charge in [0.05, 0.1) is 5.69 Å². The second-order valence-corrected chi connectivity index (χ2v) is 6.19. The summed E-state index contributed by atoms with van der Waals surface area (Å²) in [6, 6.07) is 11.1. The van der Waals surface area contributed by atoms with Crippen molar-refractivity contribution >= 4 is 22.9 Å². The molecule has 0 spiro atoms. The van der Waals surface area contributed by atoms with Gasteiger partial charge in [0.1, 0.15) is 0 Å². The molecule has 1 aromatic carbocycles. The normalized spacial score (nSPS) is 14.2. The highest BCUT2D eigenvalue weighted by atomic mass is 32.1. The molecule has 0 atom stereocenters. The third-order valence-electron chi connectivity index (χ3n) is 3.66. The standard InChI is InChI=1S/C16H18N2OS/c1-11(19)18-15-6-7-20-16(15)10-17-14-8-12-4-2-3-5-13(12)9-14/h2-7,14,17H,8-10H2,1H3,(H,18,19). The molecule has 1 amide bonds. The number of hydrogen-bond acceptors (Lipinski definition) is 3. The molecule has 1 aliphatic rings. The van der Waals surface area contributed by atoms with Crippen LogP contribution in [0.15, 0.2) is 35.7 Å². The maximum atomic E-state index is 11.1. The number of carbonyl (C=O) groups excluding carboxylic acids is 1. The van der Waals surface area contributed by atoms with E-state index in [-0.39, 0.29) is 5.91 Å². The van der Waals surface area contributed by atoms with Gasteiger partial charge >= 0.3 is 0 Å². The lowest BCUT2D eigenvalue weighted by molar-refractivity contribution is -0.114. The molecule has 1 aliphatic carbocycles. The van der Waals surface area contributed by atoms with Crippen molar-refractivity contribution in [1.82, 2.24) is 5.32 Å².